The maximum absolute atomic E-state index is 6.12. The lowest BCUT2D eigenvalue weighted by molar-refractivity contribution is 0.399. The first-order valence-electron chi connectivity index (χ1n) is 4.88. The molecule has 0 amide bonds. The lowest BCUT2D eigenvalue weighted by Crippen LogP contribution is -1.92. The molecule has 0 spiro atoms. The van der Waals surface area contributed by atoms with Crippen LogP contribution in [0, 0.1) is 0 Å². The molecular formula is C12H12ClNO. The third-order valence-electron chi connectivity index (χ3n) is 2.45. The topological polar surface area (TPSA) is 22.1 Å². The molecule has 2 nitrogen and oxygen atoms in total. The molecule has 0 saturated heterocycles. The van der Waals surface area contributed by atoms with E-state index >= 15 is 0 Å². The minimum absolute atomic E-state index is 0.625. The number of aryl methyl sites for hydroxylation is 1. The van der Waals surface area contributed by atoms with E-state index in [1.54, 1.807) is 7.11 Å². The van der Waals surface area contributed by atoms with Gasteiger partial charge in [0.15, 0.2) is 0 Å². The van der Waals surface area contributed by atoms with E-state index in [-0.39, 0.29) is 0 Å². The van der Waals surface area contributed by atoms with Crippen molar-refractivity contribution in [3.8, 4) is 5.88 Å². The molecule has 0 unspecified atom stereocenters. The van der Waals surface area contributed by atoms with Crippen LogP contribution < -0.4 is 4.74 Å². The van der Waals surface area contributed by atoms with Crippen LogP contribution in [0.3, 0.4) is 0 Å². The molecule has 1 heterocycles. The summed E-state index contributed by atoms with van der Waals surface area (Å²) in [5.74, 6) is 0.625. The first-order chi connectivity index (χ1) is 7.26. The van der Waals surface area contributed by atoms with Crippen molar-refractivity contribution in [2.24, 2.45) is 0 Å². The van der Waals surface area contributed by atoms with Gasteiger partial charge in [0.1, 0.15) is 0 Å². The van der Waals surface area contributed by atoms with Crippen LogP contribution >= 0.6 is 11.6 Å². The quantitative estimate of drug-likeness (QED) is 0.775. The monoisotopic (exact) mass is 221 g/mol. The van der Waals surface area contributed by atoms with Crippen LogP contribution in [0.2, 0.25) is 5.02 Å². The smallest absolute Gasteiger partial charge is 0.213 e. The minimum atomic E-state index is 0.625. The van der Waals surface area contributed by atoms with Gasteiger partial charge in [0.2, 0.25) is 5.88 Å². The van der Waals surface area contributed by atoms with E-state index in [0.717, 1.165) is 27.9 Å². The van der Waals surface area contributed by atoms with E-state index in [1.807, 2.05) is 24.3 Å². The number of fused-ring (bicyclic) bond motifs is 1. The van der Waals surface area contributed by atoms with E-state index in [1.165, 1.54) is 0 Å². The normalized spacial score (nSPS) is 10.6. The SMILES string of the molecule is CCc1c(Cl)ccc2ccc(OC)nc12. The summed E-state index contributed by atoms with van der Waals surface area (Å²) < 4.78 is 5.11. The molecule has 2 rings (SSSR count). The molecule has 0 saturated carbocycles. The predicted molar refractivity (Wildman–Crippen MR) is 62.7 cm³/mol. The summed E-state index contributed by atoms with van der Waals surface area (Å²) in [6, 6.07) is 7.74. The van der Waals surface area contributed by atoms with Crippen LogP contribution in [-0.2, 0) is 6.42 Å². The zero-order chi connectivity index (χ0) is 10.8. The van der Waals surface area contributed by atoms with Gasteiger partial charge >= 0.3 is 0 Å². The molecule has 3 heteroatoms. The third kappa shape index (κ3) is 1.77. The second kappa shape index (κ2) is 4.07. The molecule has 0 radical (unpaired) electrons. The molecule has 0 aliphatic carbocycles. The van der Waals surface area contributed by atoms with E-state index in [2.05, 4.69) is 11.9 Å². The molecule has 15 heavy (non-hydrogen) atoms. The number of rotatable bonds is 2. The molecule has 1 aromatic heterocycles. The Morgan fingerprint density at radius 2 is 2.00 bits per heavy atom. The van der Waals surface area contributed by atoms with Gasteiger partial charge in [0.05, 0.1) is 12.6 Å². The number of benzene rings is 1. The highest BCUT2D eigenvalue weighted by Gasteiger charge is 2.06. The summed E-state index contributed by atoms with van der Waals surface area (Å²) in [6.07, 6.45) is 0.871. The van der Waals surface area contributed by atoms with Crippen molar-refractivity contribution in [2.75, 3.05) is 7.11 Å². The Bertz CT molecular complexity index is 496. The molecule has 0 fully saturated rings. The average molecular weight is 222 g/mol. The second-order valence-corrected chi connectivity index (χ2v) is 3.71. The Morgan fingerprint density at radius 3 is 2.67 bits per heavy atom. The van der Waals surface area contributed by atoms with Crippen LogP contribution in [0.5, 0.6) is 5.88 Å². The Labute approximate surface area is 93.8 Å². The van der Waals surface area contributed by atoms with Crippen molar-refractivity contribution in [3.05, 3.63) is 34.9 Å². The highest BCUT2D eigenvalue weighted by molar-refractivity contribution is 6.32. The molecule has 0 aliphatic rings. The van der Waals surface area contributed by atoms with Crippen LogP contribution in [0.4, 0.5) is 0 Å². The zero-order valence-electron chi connectivity index (χ0n) is 8.75. The maximum atomic E-state index is 6.12. The van der Waals surface area contributed by atoms with E-state index in [4.69, 9.17) is 16.3 Å². The molecular weight excluding hydrogens is 210 g/mol. The molecule has 2 aromatic rings. The fraction of sp³-hybridized carbons (Fsp3) is 0.250. The van der Waals surface area contributed by atoms with E-state index in [9.17, 15) is 0 Å². The van der Waals surface area contributed by atoms with Gasteiger partial charge in [-0.3, -0.25) is 0 Å². The third-order valence-corrected chi connectivity index (χ3v) is 2.80. The van der Waals surface area contributed by atoms with Crippen molar-refractivity contribution in [2.45, 2.75) is 13.3 Å². The number of pyridine rings is 1. The summed E-state index contributed by atoms with van der Waals surface area (Å²) >= 11 is 6.12. The molecule has 0 aliphatic heterocycles. The number of hydrogen-bond acceptors (Lipinski definition) is 2. The number of methoxy groups -OCH3 is 1. The fourth-order valence-electron chi connectivity index (χ4n) is 1.65. The van der Waals surface area contributed by atoms with Gasteiger partial charge in [-0.15, -0.1) is 0 Å². The fourth-order valence-corrected chi connectivity index (χ4v) is 1.94. The minimum Gasteiger partial charge on any atom is -0.481 e. The second-order valence-electron chi connectivity index (χ2n) is 3.30. The van der Waals surface area contributed by atoms with Crippen molar-refractivity contribution in [1.29, 1.82) is 0 Å². The van der Waals surface area contributed by atoms with Crippen molar-refractivity contribution < 1.29 is 4.74 Å². The summed E-state index contributed by atoms with van der Waals surface area (Å²) in [4.78, 5) is 4.42. The van der Waals surface area contributed by atoms with E-state index < -0.39 is 0 Å². The first kappa shape index (κ1) is 10.2. The summed E-state index contributed by atoms with van der Waals surface area (Å²) in [6.45, 7) is 2.07. The van der Waals surface area contributed by atoms with Crippen LogP contribution in [0.15, 0.2) is 24.3 Å². The Kier molecular flexibility index (Phi) is 2.78. The van der Waals surface area contributed by atoms with Gasteiger partial charge < -0.3 is 4.74 Å². The van der Waals surface area contributed by atoms with Gasteiger partial charge in [-0.1, -0.05) is 24.6 Å². The Balaban J connectivity index is 2.76. The molecule has 78 valence electrons. The summed E-state index contributed by atoms with van der Waals surface area (Å²) in [5.41, 5.74) is 2.01. The van der Waals surface area contributed by atoms with Crippen molar-refractivity contribution in [3.63, 3.8) is 0 Å². The maximum Gasteiger partial charge on any atom is 0.213 e. The van der Waals surface area contributed by atoms with Gasteiger partial charge in [-0.25, -0.2) is 4.98 Å². The predicted octanol–water partition coefficient (Wildman–Crippen LogP) is 3.46. The largest absolute Gasteiger partial charge is 0.481 e. The number of aromatic nitrogens is 1. The van der Waals surface area contributed by atoms with Gasteiger partial charge in [0, 0.05) is 16.5 Å². The van der Waals surface area contributed by atoms with Gasteiger partial charge in [-0.2, -0.15) is 0 Å². The van der Waals surface area contributed by atoms with Crippen LogP contribution in [-0.4, -0.2) is 12.1 Å². The highest BCUT2D eigenvalue weighted by Crippen LogP contribution is 2.26. The molecule has 0 N–H and O–H groups in total. The zero-order valence-corrected chi connectivity index (χ0v) is 9.51. The van der Waals surface area contributed by atoms with Gasteiger partial charge in [0.25, 0.3) is 0 Å². The van der Waals surface area contributed by atoms with E-state index in [0.29, 0.717) is 5.88 Å². The number of ether oxygens (including phenoxy) is 1. The molecule has 0 bridgehead atoms. The van der Waals surface area contributed by atoms with Crippen molar-refractivity contribution >= 4 is 22.5 Å². The number of hydrogen-bond donors (Lipinski definition) is 0. The van der Waals surface area contributed by atoms with Gasteiger partial charge in [-0.05, 0) is 24.1 Å². The molecule has 1 aromatic carbocycles. The summed E-state index contributed by atoms with van der Waals surface area (Å²) in [5, 5.41) is 1.86. The lowest BCUT2D eigenvalue weighted by Gasteiger charge is -2.07. The standard InChI is InChI=1S/C12H12ClNO/c1-3-9-10(13)6-4-8-5-7-11(15-2)14-12(8)9/h4-7H,3H2,1-2H3. The number of halogens is 1. The Morgan fingerprint density at radius 1 is 1.27 bits per heavy atom. The first-order valence-corrected chi connectivity index (χ1v) is 5.26. The lowest BCUT2D eigenvalue weighted by atomic mass is 10.1. The highest BCUT2D eigenvalue weighted by atomic mass is 35.5. The van der Waals surface area contributed by atoms with Crippen LogP contribution in [0.1, 0.15) is 12.5 Å². The Hall–Kier alpha value is -1.28. The van der Waals surface area contributed by atoms with Crippen LogP contribution in [0.25, 0.3) is 10.9 Å². The average Bonchev–Trinajstić information content (AvgIpc) is 2.28. The van der Waals surface area contributed by atoms with Crippen molar-refractivity contribution in [1.82, 2.24) is 4.98 Å². The number of nitrogens with zero attached hydrogens (tertiary/aromatic N) is 1. The summed E-state index contributed by atoms with van der Waals surface area (Å²) in [7, 11) is 1.62. The molecule has 0 atom stereocenters.